The van der Waals surface area contributed by atoms with Crippen molar-refractivity contribution in [3.8, 4) is 11.5 Å². The number of aromatic nitrogens is 1. The Bertz CT molecular complexity index is 876. The molecular formula is C18H14F2N2O2. The van der Waals surface area contributed by atoms with E-state index in [4.69, 9.17) is 4.42 Å². The van der Waals surface area contributed by atoms with Crippen molar-refractivity contribution in [3.63, 3.8) is 0 Å². The number of carbonyl (C=O) groups excluding carboxylic acids is 1. The smallest absolute Gasteiger partial charge is 0.232 e. The molecule has 0 unspecified atom stereocenters. The Morgan fingerprint density at radius 1 is 1.17 bits per heavy atom. The molecule has 0 radical (unpaired) electrons. The van der Waals surface area contributed by atoms with E-state index in [1.807, 2.05) is 30.3 Å². The topological polar surface area (TPSA) is 55.1 Å². The van der Waals surface area contributed by atoms with Crippen LogP contribution in [0.5, 0.6) is 0 Å². The molecule has 122 valence electrons. The van der Waals surface area contributed by atoms with E-state index in [2.05, 4.69) is 10.3 Å². The van der Waals surface area contributed by atoms with Crippen molar-refractivity contribution < 1.29 is 18.0 Å². The third-order valence-corrected chi connectivity index (χ3v) is 3.44. The zero-order chi connectivity index (χ0) is 17.1. The maximum Gasteiger partial charge on any atom is 0.232 e. The van der Waals surface area contributed by atoms with Crippen LogP contribution in [0.15, 0.2) is 52.9 Å². The molecule has 2 aromatic carbocycles. The van der Waals surface area contributed by atoms with Crippen molar-refractivity contribution >= 4 is 11.6 Å². The molecule has 3 rings (SSSR count). The third kappa shape index (κ3) is 3.48. The van der Waals surface area contributed by atoms with Gasteiger partial charge < -0.3 is 9.73 Å². The number of anilines is 1. The Kier molecular flexibility index (Phi) is 4.37. The highest BCUT2D eigenvalue weighted by Gasteiger charge is 2.16. The van der Waals surface area contributed by atoms with Crippen LogP contribution in [0.4, 0.5) is 14.5 Å². The lowest BCUT2D eigenvalue weighted by Crippen LogP contribution is -2.15. The predicted molar refractivity (Wildman–Crippen MR) is 85.4 cm³/mol. The van der Waals surface area contributed by atoms with Crippen molar-refractivity contribution in [2.24, 2.45) is 0 Å². The van der Waals surface area contributed by atoms with Crippen molar-refractivity contribution in [1.29, 1.82) is 0 Å². The first-order valence-electron chi connectivity index (χ1n) is 7.29. The summed E-state index contributed by atoms with van der Waals surface area (Å²) in [6.07, 6.45) is -0.0948. The molecule has 1 heterocycles. The van der Waals surface area contributed by atoms with Crippen molar-refractivity contribution in [2.75, 3.05) is 5.32 Å². The second kappa shape index (κ2) is 6.62. The van der Waals surface area contributed by atoms with Crippen molar-refractivity contribution in [2.45, 2.75) is 13.3 Å². The lowest BCUT2D eigenvalue weighted by atomic mass is 10.2. The molecule has 0 aliphatic carbocycles. The third-order valence-electron chi connectivity index (χ3n) is 3.44. The molecule has 1 N–H and O–H groups in total. The summed E-state index contributed by atoms with van der Waals surface area (Å²) >= 11 is 0. The van der Waals surface area contributed by atoms with E-state index in [0.717, 1.165) is 11.6 Å². The number of rotatable bonds is 4. The van der Waals surface area contributed by atoms with Crippen LogP contribution in [0.2, 0.25) is 0 Å². The number of nitrogens with zero attached hydrogens (tertiary/aromatic N) is 1. The van der Waals surface area contributed by atoms with Gasteiger partial charge in [-0.15, -0.1) is 0 Å². The van der Waals surface area contributed by atoms with Crippen LogP contribution < -0.4 is 5.32 Å². The van der Waals surface area contributed by atoms with Gasteiger partial charge in [-0.05, 0) is 31.2 Å². The van der Waals surface area contributed by atoms with Gasteiger partial charge in [-0.25, -0.2) is 13.8 Å². The maximum absolute atomic E-state index is 13.6. The van der Waals surface area contributed by atoms with Crippen molar-refractivity contribution in [3.05, 3.63) is 71.6 Å². The van der Waals surface area contributed by atoms with Crippen LogP contribution in [0.1, 0.15) is 11.5 Å². The highest BCUT2D eigenvalue weighted by Crippen LogP contribution is 2.22. The Balaban J connectivity index is 1.74. The lowest BCUT2D eigenvalue weighted by Gasteiger charge is -2.05. The highest BCUT2D eigenvalue weighted by atomic mass is 19.1. The fourth-order valence-corrected chi connectivity index (χ4v) is 2.23. The maximum atomic E-state index is 13.6. The van der Waals surface area contributed by atoms with E-state index in [1.165, 1.54) is 6.07 Å². The molecule has 0 atom stereocenters. The SMILES string of the molecule is Cc1nc(-c2ccccc2)oc1CC(=O)Nc1ccc(F)cc1F. The van der Waals surface area contributed by atoms with Gasteiger partial charge in [0, 0.05) is 11.6 Å². The number of nitrogens with one attached hydrogen (secondary N) is 1. The van der Waals surface area contributed by atoms with E-state index in [-0.39, 0.29) is 12.1 Å². The number of oxazole rings is 1. The molecule has 0 bridgehead atoms. The van der Waals surface area contributed by atoms with Gasteiger partial charge in [-0.3, -0.25) is 4.79 Å². The molecular weight excluding hydrogens is 314 g/mol. The van der Waals surface area contributed by atoms with Gasteiger partial charge >= 0.3 is 0 Å². The summed E-state index contributed by atoms with van der Waals surface area (Å²) in [5.41, 5.74) is 1.31. The largest absolute Gasteiger partial charge is 0.440 e. The Labute approximate surface area is 137 Å². The highest BCUT2D eigenvalue weighted by molar-refractivity contribution is 5.92. The fraction of sp³-hybridized carbons (Fsp3) is 0.111. The van der Waals surface area contributed by atoms with Gasteiger partial charge in [0.05, 0.1) is 17.8 Å². The van der Waals surface area contributed by atoms with Crippen molar-refractivity contribution in [1.82, 2.24) is 4.98 Å². The number of carbonyl (C=O) groups is 1. The molecule has 0 saturated carbocycles. The molecule has 4 nitrogen and oxygen atoms in total. The molecule has 1 aromatic heterocycles. The van der Waals surface area contributed by atoms with Crippen LogP contribution in [0.3, 0.4) is 0 Å². The van der Waals surface area contributed by atoms with Crippen LogP contribution in [0.25, 0.3) is 11.5 Å². The summed E-state index contributed by atoms with van der Waals surface area (Å²) in [4.78, 5) is 16.4. The summed E-state index contributed by atoms with van der Waals surface area (Å²) in [7, 11) is 0. The molecule has 0 saturated heterocycles. The Hall–Kier alpha value is -3.02. The quantitative estimate of drug-likeness (QED) is 0.784. The molecule has 0 aliphatic rings. The molecule has 1 amide bonds. The van der Waals surface area contributed by atoms with Gasteiger partial charge in [0.2, 0.25) is 11.8 Å². The van der Waals surface area contributed by atoms with Gasteiger partial charge in [0.15, 0.2) is 0 Å². The molecule has 0 spiro atoms. The van der Waals surface area contributed by atoms with Crippen LogP contribution in [0, 0.1) is 18.6 Å². The number of hydrogen-bond donors (Lipinski definition) is 1. The summed E-state index contributed by atoms with van der Waals surface area (Å²) in [6, 6.07) is 12.3. The monoisotopic (exact) mass is 328 g/mol. The van der Waals surface area contributed by atoms with E-state index in [9.17, 15) is 13.6 Å². The zero-order valence-corrected chi connectivity index (χ0v) is 12.8. The molecule has 6 heteroatoms. The first-order chi connectivity index (χ1) is 11.5. The van der Waals surface area contributed by atoms with Gasteiger partial charge in [-0.1, -0.05) is 18.2 Å². The number of hydrogen-bond acceptors (Lipinski definition) is 3. The van der Waals surface area contributed by atoms with Gasteiger partial charge in [0.25, 0.3) is 0 Å². The minimum absolute atomic E-state index is 0.0816. The standard InChI is InChI=1S/C18H14F2N2O2/c1-11-16(24-18(21-11)12-5-3-2-4-6-12)10-17(23)22-15-8-7-13(19)9-14(15)20/h2-9H,10H2,1H3,(H,22,23). The van der Waals surface area contributed by atoms with Gasteiger partial charge in [0.1, 0.15) is 17.4 Å². The fourth-order valence-electron chi connectivity index (χ4n) is 2.23. The summed E-state index contributed by atoms with van der Waals surface area (Å²) in [5.74, 6) is -1.19. The van der Waals surface area contributed by atoms with E-state index >= 15 is 0 Å². The van der Waals surface area contributed by atoms with Crippen LogP contribution in [-0.2, 0) is 11.2 Å². The van der Waals surface area contributed by atoms with Crippen LogP contribution in [-0.4, -0.2) is 10.9 Å². The first kappa shape index (κ1) is 15.9. The van der Waals surface area contributed by atoms with E-state index < -0.39 is 17.5 Å². The summed E-state index contributed by atoms with van der Waals surface area (Å²) < 4.78 is 32.1. The first-order valence-corrected chi connectivity index (χ1v) is 7.29. The molecule has 24 heavy (non-hydrogen) atoms. The Morgan fingerprint density at radius 2 is 1.92 bits per heavy atom. The number of amides is 1. The minimum atomic E-state index is -0.831. The molecule has 0 aliphatic heterocycles. The molecule has 3 aromatic rings. The average molecular weight is 328 g/mol. The summed E-state index contributed by atoms with van der Waals surface area (Å²) in [6.45, 7) is 1.73. The number of halogens is 2. The number of benzene rings is 2. The summed E-state index contributed by atoms with van der Waals surface area (Å²) in [5, 5.41) is 2.39. The predicted octanol–water partition coefficient (Wildman–Crippen LogP) is 4.11. The number of aryl methyl sites for hydroxylation is 1. The molecule has 0 fully saturated rings. The Morgan fingerprint density at radius 3 is 2.62 bits per heavy atom. The lowest BCUT2D eigenvalue weighted by molar-refractivity contribution is -0.115. The van der Waals surface area contributed by atoms with Gasteiger partial charge in [-0.2, -0.15) is 0 Å². The second-order valence-electron chi connectivity index (χ2n) is 5.24. The van der Waals surface area contributed by atoms with E-state index in [0.29, 0.717) is 23.4 Å². The zero-order valence-electron chi connectivity index (χ0n) is 12.8. The minimum Gasteiger partial charge on any atom is -0.440 e. The average Bonchev–Trinajstić information content (AvgIpc) is 2.92. The normalized spacial score (nSPS) is 10.6. The van der Waals surface area contributed by atoms with Crippen LogP contribution >= 0.6 is 0 Å². The van der Waals surface area contributed by atoms with E-state index in [1.54, 1.807) is 6.92 Å². The second-order valence-corrected chi connectivity index (χ2v) is 5.24.